The highest BCUT2D eigenvalue weighted by Crippen LogP contribution is 2.50. The van der Waals surface area contributed by atoms with Gasteiger partial charge in [0.05, 0.1) is 25.4 Å². The number of aliphatic hydroxyl groups excluding tert-OH is 1. The third-order valence-electron chi connectivity index (χ3n) is 8.43. The van der Waals surface area contributed by atoms with Gasteiger partial charge >= 0.3 is 33.4 Å². The SMILES string of the molecule is CC(C)(C)OC(=O)N1CSC[C@H]1C(=O)O[C@H]1[C@@H](O)[C@H](n2cnc3c(N)ncnc32)O[C@@H]1COP(=O)(O)O[C@H]1C[C@H](n2ccc(N)nc2=O)O[C@@H]1COP(=O)(O)O. The number of thioether (sulfide) groups is 1. The molecule has 3 aromatic rings. The van der Waals surface area contributed by atoms with Gasteiger partial charge in [0.1, 0.15) is 59.9 Å². The zero-order valence-corrected chi connectivity index (χ0v) is 32.3. The van der Waals surface area contributed by atoms with Gasteiger partial charge in [-0.25, -0.2) is 38.5 Å². The van der Waals surface area contributed by atoms with Gasteiger partial charge in [-0.05, 0) is 26.8 Å². The van der Waals surface area contributed by atoms with Crippen molar-refractivity contribution in [1.29, 1.82) is 0 Å². The van der Waals surface area contributed by atoms with E-state index in [2.05, 4.69) is 24.5 Å². The fourth-order valence-corrected chi connectivity index (χ4v) is 8.38. The molecule has 6 heterocycles. The van der Waals surface area contributed by atoms with E-state index in [9.17, 15) is 43.3 Å². The van der Waals surface area contributed by atoms with E-state index in [4.69, 9.17) is 39.5 Å². The van der Waals surface area contributed by atoms with Gasteiger partial charge in [0.15, 0.2) is 23.8 Å². The average molecular weight is 852 g/mol. The average Bonchev–Trinajstić information content (AvgIpc) is 3.88. The summed E-state index contributed by atoms with van der Waals surface area (Å²) in [5.74, 6) is -0.790. The number of esters is 1. The Kier molecular flexibility index (Phi) is 12.1. The number of hydrogen-bond donors (Lipinski definition) is 6. The third kappa shape index (κ3) is 9.66. The number of ether oxygens (including phenoxy) is 4. The molecule has 0 aliphatic carbocycles. The van der Waals surface area contributed by atoms with Crippen LogP contribution in [0.5, 0.6) is 0 Å². The Balaban J connectivity index is 1.21. The minimum atomic E-state index is -5.19. The van der Waals surface area contributed by atoms with Crippen molar-refractivity contribution in [1.82, 2.24) is 34.0 Å². The summed E-state index contributed by atoms with van der Waals surface area (Å²) < 4.78 is 65.2. The van der Waals surface area contributed by atoms with Crippen LogP contribution in [0.2, 0.25) is 0 Å². The van der Waals surface area contributed by atoms with Crippen molar-refractivity contribution in [2.24, 2.45) is 0 Å². The molecule has 3 saturated heterocycles. The Morgan fingerprint density at radius 1 is 1.05 bits per heavy atom. The number of aliphatic hydroxyl groups is 1. The monoisotopic (exact) mass is 851 g/mol. The van der Waals surface area contributed by atoms with Gasteiger partial charge in [-0.2, -0.15) is 4.98 Å². The molecule has 3 fully saturated rings. The zero-order chi connectivity index (χ0) is 40.7. The van der Waals surface area contributed by atoms with E-state index in [0.717, 1.165) is 10.9 Å². The lowest BCUT2D eigenvalue weighted by molar-refractivity contribution is -0.161. The number of nitrogens with zero attached hydrogens (tertiary/aromatic N) is 7. The molecule has 1 amide bonds. The number of carbonyl (C=O) groups excluding carboxylic acids is 2. The van der Waals surface area contributed by atoms with E-state index >= 15 is 0 Å². The summed E-state index contributed by atoms with van der Waals surface area (Å²) in [7, 11) is -10.2. The number of carbonyl (C=O) groups is 2. The Morgan fingerprint density at radius 3 is 2.48 bits per heavy atom. The molecule has 25 nitrogen and oxygen atoms in total. The molecule has 0 spiro atoms. The molecule has 0 saturated carbocycles. The molecule has 0 aromatic carbocycles. The highest BCUT2D eigenvalue weighted by molar-refractivity contribution is 7.99. The molecule has 3 aliphatic heterocycles. The van der Waals surface area contributed by atoms with Crippen LogP contribution < -0.4 is 17.2 Å². The smallest absolute Gasteiger partial charge is 0.455 e. The summed E-state index contributed by atoms with van der Waals surface area (Å²) in [5.41, 5.74) is 10.0. The number of aromatic nitrogens is 6. The largest absolute Gasteiger partial charge is 0.472 e. The Morgan fingerprint density at radius 2 is 1.79 bits per heavy atom. The van der Waals surface area contributed by atoms with Gasteiger partial charge in [-0.3, -0.25) is 27.6 Å². The second-order valence-electron chi connectivity index (χ2n) is 13.6. The normalized spacial score (nSPS) is 28.1. The predicted molar refractivity (Wildman–Crippen MR) is 189 cm³/mol. The molecular weight excluding hydrogens is 812 g/mol. The third-order valence-corrected chi connectivity index (χ3v) is 10.9. The van der Waals surface area contributed by atoms with Crippen LogP contribution in [0.15, 0.2) is 29.7 Å². The summed E-state index contributed by atoms with van der Waals surface area (Å²) in [4.78, 5) is 85.3. The molecule has 0 radical (unpaired) electrons. The molecule has 308 valence electrons. The molecule has 3 aromatic heterocycles. The minimum absolute atomic E-state index is 0.0172. The van der Waals surface area contributed by atoms with Crippen molar-refractivity contribution in [3.05, 3.63) is 35.4 Å². The quantitative estimate of drug-likeness (QED) is 0.0999. The van der Waals surface area contributed by atoms with Crippen LogP contribution in [0.4, 0.5) is 16.4 Å². The first kappa shape index (κ1) is 41.8. The number of fused-ring (bicyclic) bond motifs is 1. The standard InChI is InChI=1S/C28H39N9O16P2S/c1-28(2,3)52-27(41)37-12-56-9-13(37)25(39)51-21-16(50-24(20(21)38)36-11-33-19-22(30)31-10-32-23(19)36)8-48-55(45,46)53-14-6-18(35-5-4-17(29)34-26(35)40)49-15(14)7-47-54(42,43)44/h4-5,10-11,13-16,18,20-21,24,38H,6-9,12H2,1-3H3,(H,45,46)(H2,29,34,40)(H2,30,31,32)(H2,42,43,44)/t13-,14-,15+,16+,18+,20+,21+,24+/m0/s1. The van der Waals surface area contributed by atoms with Gasteiger partial charge in [0.2, 0.25) is 0 Å². The summed E-state index contributed by atoms with van der Waals surface area (Å²) in [5, 5.41) is 11.5. The maximum absolute atomic E-state index is 13.6. The summed E-state index contributed by atoms with van der Waals surface area (Å²) in [6, 6.07) is 0.143. The molecule has 56 heavy (non-hydrogen) atoms. The van der Waals surface area contributed by atoms with Crippen LogP contribution in [0.3, 0.4) is 0 Å². The highest BCUT2D eigenvalue weighted by Gasteiger charge is 2.51. The maximum atomic E-state index is 13.6. The number of nitrogen functional groups attached to an aromatic ring is 2. The van der Waals surface area contributed by atoms with Crippen LogP contribution in [-0.2, 0) is 46.4 Å². The number of imidazole rings is 1. The van der Waals surface area contributed by atoms with E-state index in [1.54, 1.807) is 20.8 Å². The van der Waals surface area contributed by atoms with Crippen molar-refractivity contribution in [3.8, 4) is 0 Å². The second-order valence-corrected chi connectivity index (χ2v) is 17.3. The lowest BCUT2D eigenvalue weighted by Crippen LogP contribution is -2.48. The number of anilines is 2. The van der Waals surface area contributed by atoms with Crippen molar-refractivity contribution >= 4 is 62.3 Å². The van der Waals surface area contributed by atoms with Crippen LogP contribution in [0.1, 0.15) is 39.6 Å². The first-order chi connectivity index (χ1) is 26.2. The molecule has 9 atom stereocenters. The van der Waals surface area contributed by atoms with Gasteiger partial charge in [0, 0.05) is 18.4 Å². The van der Waals surface area contributed by atoms with Crippen LogP contribution in [0, 0.1) is 0 Å². The molecule has 0 bridgehead atoms. The van der Waals surface area contributed by atoms with Crippen molar-refractivity contribution < 1.29 is 71.0 Å². The Labute approximate surface area is 320 Å². The number of phosphoric ester groups is 2. The summed E-state index contributed by atoms with van der Waals surface area (Å²) in [6.45, 7) is 3.28. The van der Waals surface area contributed by atoms with Gasteiger partial charge in [0.25, 0.3) is 0 Å². The van der Waals surface area contributed by atoms with Crippen molar-refractivity contribution in [3.63, 3.8) is 0 Å². The first-order valence-electron chi connectivity index (χ1n) is 16.6. The number of nitrogens with two attached hydrogens (primary N) is 2. The van der Waals surface area contributed by atoms with E-state index in [0.29, 0.717) is 0 Å². The van der Waals surface area contributed by atoms with Gasteiger partial charge < -0.3 is 50.2 Å². The van der Waals surface area contributed by atoms with E-state index in [1.807, 2.05) is 0 Å². The fraction of sp³-hybridized carbons (Fsp3) is 0.607. The highest BCUT2D eigenvalue weighted by atomic mass is 32.2. The summed E-state index contributed by atoms with van der Waals surface area (Å²) >= 11 is 1.26. The number of phosphoric acid groups is 2. The molecule has 28 heteroatoms. The Bertz CT molecular complexity index is 2100. The number of hydrogen-bond acceptors (Lipinski definition) is 20. The second kappa shape index (κ2) is 16.2. The van der Waals surface area contributed by atoms with Crippen molar-refractivity contribution in [2.45, 2.75) is 81.8 Å². The van der Waals surface area contributed by atoms with Crippen molar-refractivity contribution in [2.75, 3.05) is 36.3 Å². The molecule has 3 aliphatic rings. The number of amides is 1. The predicted octanol–water partition coefficient (Wildman–Crippen LogP) is -0.373. The molecule has 8 N–H and O–H groups in total. The fourth-order valence-electron chi connectivity index (χ4n) is 5.95. The maximum Gasteiger partial charge on any atom is 0.472 e. The van der Waals surface area contributed by atoms with E-state index in [-0.39, 0.29) is 40.9 Å². The van der Waals surface area contributed by atoms with Gasteiger partial charge in [-0.1, -0.05) is 0 Å². The topological polar surface area (TPSA) is 348 Å². The molecule has 1 unspecified atom stereocenters. The van der Waals surface area contributed by atoms with E-state index < -0.39 is 101 Å². The lowest BCUT2D eigenvalue weighted by atomic mass is 10.1. The molecule has 6 rings (SSSR count). The van der Waals surface area contributed by atoms with Crippen LogP contribution in [-0.4, -0.2) is 133 Å². The Hall–Kier alpha value is -3.78. The molecular formula is C28H39N9O16P2S. The van der Waals surface area contributed by atoms with Crippen LogP contribution in [0.25, 0.3) is 11.2 Å². The van der Waals surface area contributed by atoms with E-state index in [1.165, 1.54) is 39.8 Å². The lowest BCUT2D eigenvalue weighted by Gasteiger charge is -2.28. The van der Waals surface area contributed by atoms with Crippen LogP contribution >= 0.6 is 27.4 Å². The zero-order valence-electron chi connectivity index (χ0n) is 29.7. The summed E-state index contributed by atoms with van der Waals surface area (Å²) in [6.07, 6.45) is -7.74. The van der Waals surface area contributed by atoms with Gasteiger partial charge in [-0.15, -0.1) is 11.8 Å². The first-order valence-corrected chi connectivity index (χ1v) is 20.8. The minimum Gasteiger partial charge on any atom is -0.455 e. The number of rotatable bonds is 12.